The van der Waals surface area contributed by atoms with Crippen LogP contribution >= 0.6 is 27.5 Å². The van der Waals surface area contributed by atoms with Crippen LogP contribution in [0.3, 0.4) is 0 Å². The van der Waals surface area contributed by atoms with E-state index in [2.05, 4.69) is 41.9 Å². The maximum Gasteiger partial charge on any atom is 0.146 e. The van der Waals surface area contributed by atoms with Crippen LogP contribution in [0.5, 0.6) is 5.75 Å². The molecule has 0 amide bonds. The highest BCUT2D eigenvalue weighted by molar-refractivity contribution is 9.10. The van der Waals surface area contributed by atoms with Crippen molar-refractivity contribution in [3.8, 4) is 5.75 Å². The number of rotatable bonds is 2. The van der Waals surface area contributed by atoms with Gasteiger partial charge in [-0.1, -0.05) is 55.8 Å². The van der Waals surface area contributed by atoms with Crippen molar-refractivity contribution in [2.24, 2.45) is 0 Å². The highest BCUT2D eigenvalue weighted by Gasteiger charge is 2.47. The van der Waals surface area contributed by atoms with Gasteiger partial charge in [0.1, 0.15) is 17.2 Å². The van der Waals surface area contributed by atoms with Crippen molar-refractivity contribution in [3.63, 3.8) is 0 Å². The normalized spacial score (nSPS) is 23.8. The third-order valence-electron chi connectivity index (χ3n) is 4.37. The van der Waals surface area contributed by atoms with E-state index in [1.165, 1.54) is 6.07 Å². The van der Waals surface area contributed by atoms with Crippen molar-refractivity contribution in [2.45, 2.75) is 31.8 Å². The summed E-state index contributed by atoms with van der Waals surface area (Å²) >= 11 is 9.46. The summed E-state index contributed by atoms with van der Waals surface area (Å²) < 4.78 is 20.7. The van der Waals surface area contributed by atoms with E-state index in [0.717, 1.165) is 17.5 Å². The van der Waals surface area contributed by atoms with Crippen molar-refractivity contribution < 1.29 is 9.13 Å². The molecule has 1 aliphatic heterocycles. The van der Waals surface area contributed by atoms with Gasteiger partial charge in [0, 0.05) is 22.0 Å². The maximum absolute atomic E-state index is 13.9. The number of fused-ring (bicyclic) bond motifs is 1. The standard InChI is InChI=1S/C17H15BrClFO/c1-3-17(11-7-5-4-6-8-11)10(2)14-13(21-17)9-12(20)16(19)15(14)18/h4-10H,3H2,1-2H3/t10-,17-/m0/s1. The lowest BCUT2D eigenvalue weighted by molar-refractivity contribution is 0.0658. The fourth-order valence-corrected chi connectivity index (χ4v) is 4.09. The van der Waals surface area contributed by atoms with Gasteiger partial charge >= 0.3 is 0 Å². The molecule has 1 aliphatic rings. The third-order valence-corrected chi connectivity index (χ3v) is 5.80. The largest absolute Gasteiger partial charge is 0.482 e. The molecule has 0 N–H and O–H groups in total. The van der Waals surface area contributed by atoms with Crippen molar-refractivity contribution in [1.82, 2.24) is 0 Å². The molecule has 0 spiro atoms. The molecule has 0 fully saturated rings. The lowest BCUT2D eigenvalue weighted by atomic mass is 9.78. The molecule has 110 valence electrons. The Bertz CT molecular complexity index is 689. The molecule has 2 aromatic carbocycles. The Hall–Kier alpha value is -1.06. The van der Waals surface area contributed by atoms with Crippen molar-refractivity contribution in [3.05, 3.63) is 62.8 Å². The Morgan fingerprint density at radius 1 is 1.33 bits per heavy atom. The molecule has 21 heavy (non-hydrogen) atoms. The molecule has 0 unspecified atom stereocenters. The molecule has 0 aromatic heterocycles. The van der Waals surface area contributed by atoms with Gasteiger partial charge < -0.3 is 4.74 Å². The summed E-state index contributed by atoms with van der Waals surface area (Å²) in [6.45, 7) is 4.18. The Balaban J connectivity index is 2.19. The summed E-state index contributed by atoms with van der Waals surface area (Å²) in [6.07, 6.45) is 0.790. The Labute approximate surface area is 137 Å². The highest BCUT2D eigenvalue weighted by atomic mass is 79.9. The zero-order valence-electron chi connectivity index (χ0n) is 11.8. The number of hydrogen-bond donors (Lipinski definition) is 0. The molecule has 2 aromatic rings. The van der Waals surface area contributed by atoms with Crippen LogP contribution in [0.25, 0.3) is 0 Å². The predicted octanol–water partition coefficient (Wildman–Crippen LogP) is 6.04. The van der Waals surface area contributed by atoms with Gasteiger partial charge in [0.15, 0.2) is 0 Å². The lowest BCUT2D eigenvalue weighted by Crippen LogP contribution is -2.33. The topological polar surface area (TPSA) is 9.23 Å². The molecular formula is C17H15BrClFO. The van der Waals surface area contributed by atoms with Gasteiger partial charge in [-0.05, 0) is 27.9 Å². The summed E-state index contributed by atoms with van der Waals surface area (Å²) in [4.78, 5) is 0. The summed E-state index contributed by atoms with van der Waals surface area (Å²) in [5.41, 5.74) is 1.55. The van der Waals surface area contributed by atoms with Crippen LogP contribution in [0.1, 0.15) is 37.3 Å². The van der Waals surface area contributed by atoms with E-state index in [9.17, 15) is 4.39 Å². The number of ether oxygens (including phenoxy) is 1. The van der Waals surface area contributed by atoms with Crippen molar-refractivity contribution in [2.75, 3.05) is 0 Å². The fourth-order valence-electron chi connectivity index (χ4n) is 3.20. The van der Waals surface area contributed by atoms with Crippen molar-refractivity contribution in [1.29, 1.82) is 0 Å². The molecular weight excluding hydrogens is 355 g/mol. The van der Waals surface area contributed by atoms with Crippen LogP contribution in [0.2, 0.25) is 5.02 Å². The Morgan fingerprint density at radius 3 is 2.62 bits per heavy atom. The van der Waals surface area contributed by atoms with E-state index >= 15 is 0 Å². The van der Waals surface area contributed by atoms with E-state index in [1.807, 2.05) is 18.2 Å². The van der Waals surface area contributed by atoms with Gasteiger partial charge in [0.25, 0.3) is 0 Å². The first-order chi connectivity index (χ1) is 10.0. The summed E-state index contributed by atoms with van der Waals surface area (Å²) in [7, 11) is 0. The minimum absolute atomic E-state index is 0.0763. The van der Waals surface area contributed by atoms with Crippen LogP contribution < -0.4 is 4.74 Å². The van der Waals surface area contributed by atoms with E-state index in [0.29, 0.717) is 10.2 Å². The van der Waals surface area contributed by atoms with Crippen LogP contribution in [-0.4, -0.2) is 0 Å². The first kappa shape index (κ1) is 14.9. The Morgan fingerprint density at radius 2 is 2.00 bits per heavy atom. The van der Waals surface area contributed by atoms with Crippen molar-refractivity contribution >= 4 is 27.5 Å². The molecule has 3 rings (SSSR count). The third kappa shape index (κ3) is 2.09. The van der Waals surface area contributed by atoms with Gasteiger partial charge in [-0.2, -0.15) is 0 Å². The van der Waals surface area contributed by atoms with Gasteiger partial charge in [-0.3, -0.25) is 0 Å². The monoisotopic (exact) mass is 368 g/mol. The summed E-state index contributed by atoms with van der Waals surface area (Å²) in [6, 6.07) is 11.5. The average Bonchev–Trinajstić information content (AvgIpc) is 2.79. The Kier molecular flexibility index (Phi) is 3.74. The van der Waals surface area contributed by atoms with Gasteiger partial charge in [-0.15, -0.1) is 0 Å². The molecule has 0 radical (unpaired) electrons. The molecule has 0 saturated heterocycles. The zero-order chi connectivity index (χ0) is 15.2. The molecule has 0 aliphatic carbocycles. The second-order valence-corrected chi connectivity index (χ2v) is 6.50. The highest BCUT2D eigenvalue weighted by Crippen LogP contribution is 2.55. The van der Waals surface area contributed by atoms with E-state index in [-0.39, 0.29) is 10.9 Å². The van der Waals surface area contributed by atoms with E-state index in [4.69, 9.17) is 16.3 Å². The maximum atomic E-state index is 13.9. The first-order valence-corrected chi connectivity index (χ1v) is 8.10. The molecule has 1 heterocycles. The van der Waals surface area contributed by atoms with Gasteiger partial charge in [0.2, 0.25) is 0 Å². The van der Waals surface area contributed by atoms with E-state index in [1.54, 1.807) is 0 Å². The first-order valence-electron chi connectivity index (χ1n) is 6.93. The van der Waals surface area contributed by atoms with Crippen LogP contribution in [-0.2, 0) is 5.60 Å². The quantitative estimate of drug-likeness (QED) is 0.586. The molecule has 1 nitrogen and oxygen atoms in total. The average molecular weight is 370 g/mol. The van der Waals surface area contributed by atoms with E-state index < -0.39 is 11.4 Å². The molecule has 2 atom stereocenters. The van der Waals surface area contributed by atoms with Gasteiger partial charge in [0.05, 0.1) is 5.02 Å². The van der Waals surface area contributed by atoms with Crippen LogP contribution in [0.15, 0.2) is 40.9 Å². The predicted molar refractivity (Wildman–Crippen MR) is 86.6 cm³/mol. The number of benzene rings is 2. The van der Waals surface area contributed by atoms with Crippen LogP contribution in [0, 0.1) is 5.82 Å². The molecule has 0 saturated carbocycles. The minimum Gasteiger partial charge on any atom is -0.482 e. The summed E-state index contributed by atoms with van der Waals surface area (Å²) in [5.74, 6) is 0.184. The minimum atomic E-state index is -0.483. The smallest absolute Gasteiger partial charge is 0.146 e. The zero-order valence-corrected chi connectivity index (χ0v) is 14.1. The van der Waals surface area contributed by atoms with Gasteiger partial charge in [-0.25, -0.2) is 4.39 Å². The van der Waals surface area contributed by atoms with Crippen LogP contribution in [0.4, 0.5) is 4.39 Å². The SMILES string of the molecule is CC[C@]1(c2ccccc2)Oc2cc(F)c(Cl)c(Br)c2[C@@H]1C. The summed E-state index contributed by atoms with van der Waals surface area (Å²) in [5, 5.41) is 0.115. The number of halogens is 3. The lowest BCUT2D eigenvalue weighted by Gasteiger charge is -2.32. The fraction of sp³-hybridized carbons (Fsp3) is 0.294. The molecule has 4 heteroatoms. The number of hydrogen-bond acceptors (Lipinski definition) is 1. The second-order valence-electron chi connectivity index (χ2n) is 5.33. The molecule has 0 bridgehead atoms. The second kappa shape index (κ2) is 5.29.